The molecule has 1 saturated heterocycles. The fourth-order valence-corrected chi connectivity index (χ4v) is 4.68. The second-order valence-electron chi connectivity index (χ2n) is 8.03. The molecule has 0 spiro atoms. The van der Waals surface area contributed by atoms with Crippen LogP contribution in [0.25, 0.3) is 11.4 Å². The van der Waals surface area contributed by atoms with Gasteiger partial charge in [0.25, 0.3) is 5.91 Å². The van der Waals surface area contributed by atoms with Crippen LogP contribution < -0.4 is 5.32 Å². The summed E-state index contributed by atoms with van der Waals surface area (Å²) in [5, 5.41) is 3.24. The van der Waals surface area contributed by atoms with E-state index in [1.54, 1.807) is 24.5 Å². The van der Waals surface area contributed by atoms with Gasteiger partial charge in [-0.15, -0.1) is 0 Å². The molecule has 2 fully saturated rings. The fraction of sp³-hybridized carbons (Fsp3) is 0.318. The number of carbonyl (C=O) groups excluding carboxylic acids is 1. The van der Waals surface area contributed by atoms with Crippen LogP contribution in [0.15, 0.2) is 55.0 Å². The Hall–Kier alpha value is -3.36. The molecule has 1 saturated carbocycles. The van der Waals surface area contributed by atoms with Gasteiger partial charge in [-0.2, -0.15) is 13.2 Å². The normalized spacial score (nSPS) is 22.7. The highest BCUT2D eigenvalue weighted by Crippen LogP contribution is 2.40. The Morgan fingerprint density at radius 2 is 2.00 bits per heavy atom. The first-order chi connectivity index (χ1) is 14.9. The second-order valence-corrected chi connectivity index (χ2v) is 8.03. The quantitative estimate of drug-likeness (QED) is 0.654. The van der Waals surface area contributed by atoms with E-state index in [4.69, 9.17) is 0 Å². The average molecular weight is 427 g/mol. The summed E-state index contributed by atoms with van der Waals surface area (Å²) in [7, 11) is 0. The summed E-state index contributed by atoms with van der Waals surface area (Å²) in [4.78, 5) is 26.7. The molecular formula is C22H20F3N5O. The predicted molar refractivity (Wildman–Crippen MR) is 108 cm³/mol. The maximum atomic E-state index is 13.4. The number of anilines is 1. The van der Waals surface area contributed by atoms with Gasteiger partial charge in [-0.1, -0.05) is 0 Å². The number of alkyl halides is 3. The van der Waals surface area contributed by atoms with E-state index in [1.807, 2.05) is 17.0 Å². The summed E-state index contributed by atoms with van der Waals surface area (Å²) in [5.41, 5.74) is 1.13. The highest BCUT2D eigenvalue weighted by molar-refractivity contribution is 6.00. The minimum atomic E-state index is -4.41. The van der Waals surface area contributed by atoms with Crippen LogP contribution in [0.1, 0.15) is 28.8 Å². The van der Waals surface area contributed by atoms with Gasteiger partial charge in [-0.05, 0) is 55.2 Å². The summed E-state index contributed by atoms with van der Waals surface area (Å²) in [5.74, 6) is 0.648. The molecule has 3 aromatic rings. The van der Waals surface area contributed by atoms with Crippen LogP contribution in [0.4, 0.5) is 19.0 Å². The number of carbonyl (C=O) groups is 1. The van der Waals surface area contributed by atoms with Crippen molar-refractivity contribution in [1.29, 1.82) is 0 Å². The summed E-state index contributed by atoms with van der Waals surface area (Å²) in [6.45, 7) is 0.668. The summed E-state index contributed by atoms with van der Waals surface area (Å²) >= 11 is 0. The molecule has 1 aliphatic heterocycles. The standard InChI is InChI=1S/C22H20F3N5O/c23-22(24,25)14-5-6-19(28-11-14)29-17-9-13-10-18(17)30(12-13)21(31)15-3-1-8-27-20(15)16-4-2-7-26-16/h1-8,11,13,17-18,26H,9-10,12H2,(H,28,29)/t13-,17+,18-/m0/s1. The Balaban J connectivity index is 1.35. The molecule has 5 rings (SSSR count). The lowest BCUT2D eigenvalue weighted by Crippen LogP contribution is -2.47. The van der Waals surface area contributed by atoms with Crippen LogP contribution in [-0.4, -0.2) is 44.4 Å². The Labute approximate surface area is 176 Å². The number of fused-ring (bicyclic) bond motifs is 2. The van der Waals surface area contributed by atoms with Crippen LogP contribution in [0.5, 0.6) is 0 Å². The first kappa shape index (κ1) is 19.6. The third-order valence-electron chi connectivity index (χ3n) is 6.06. The number of aromatic amines is 1. The van der Waals surface area contributed by atoms with Crippen molar-refractivity contribution >= 4 is 11.7 Å². The minimum absolute atomic E-state index is 0.0432. The number of rotatable bonds is 4. The van der Waals surface area contributed by atoms with E-state index in [-0.39, 0.29) is 18.0 Å². The molecule has 2 aliphatic rings. The lowest BCUT2D eigenvalue weighted by Gasteiger charge is -2.34. The molecule has 9 heteroatoms. The second kappa shape index (κ2) is 7.40. The molecule has 2 N–H and O–H groups in total. The molecule has 0 unspecified atom stereocenters. The van der Waals surface area contributed by atoms with Crippen LogP contribution in [0, 0.1) is 5.92 Å². The number of hydrogen-bond donors (Lipinski definition) is 2. The smallest absolute Gasteiger partial charge is 0.365 e. The van der Waals surface area contributed by atoms with Crippen molar-refractivity contribution in [2.45, 2.75) is 31.1 Å². The first-order valence-corrected chi connectivity index (χ1v) is 10.1. The first-order valence-electron chi connectivity index (χ1n) is 10.1. The van der Waals surface area contributed by atoms with Crippen molar-refractivity contribution < 1.29 is 18.0 Å². The summed E-state index contributed by atoms with van der Waals surface area (Å²) in [6, 6.07) is 9.50. The van der Waals surface area contributed by atoms with Gasteiger partial charge in [-0.3, -0.25) is 9.78 Å². The van der Waals surface area contributed by atoms with Gasteiger partial charge in [0.15, 0.2) is 0 Å². The number of hydrogen-bond acceptors (Lipinski definition) is 4. The van der Waals surface area contributed by atoms with E-state index in [9.17, 15) is 18.0 Å². The molecule has 4 heterocycles. The topological polar surface area (TPSA) is 73.9 Å². The van der Waals surface area contributed by atoms with Gasteiger partial charge in [0.2, 0.25) is 0 Å². The molecule has 1 amide bonds. The third kappa shape index (κ3) is 3.64. The SMILES string of the molecule is O=C(c1cccnc1-c1ccc[nH]1)N1C[C@H]2C[C@@H](Nc3ccc(C(F)(F)F)cn3)[C@@H]1C2. The van der Waals surface area contributed by atoms with Gasteiger partial charge < -0.3 is 15.2 Å². The number of amides is 1. The number of nitrogens with zero attached hydrogens (tertiary/aromatic N) is 3. The Morgan fingerprint density at radius 3 is 2.68 bits per heavy atom. The molecule has 2 bridgehead atoms. The molecule has 31 heavy (non-hydrogen) atoms. The highest BCUT2D eigenvalue weighted by atomic mass is 19.4. The number of halogens is 3. The van der Waals surface area contributed by atoms with Crippen LogP contribution in [0.3, 0.4) is 0 Å². The van der Waals surface area contributed by atoms with Crippen molar-refractivity contribution in [3.05, 3.63) is 66.1 Å². The monoisotopic (exact) mass is 427 g/mol. The van der Waals surface area contributed by atoms with Crippen molar-refractivity contribution in [2.75, 3.05) is 11.9 Å². The molecule has 0 radical (unpaired) electrons. The molecule has 3 aromatic heterocycles. The maximum Gasteiger partial charge on any atom is 0.417 e. The van der Waals surface area contributed by atoms with Crippen LogP contribution >= 0.6 is 0 Å². The van der Waals surface area contributed by atoms with E-state index in [2.05, 4.69) is 20.3 Å². The van der Waals surface area contributed by atoms with Crippen LogP contribution in [-0.2, 0) is 6.18 Å². The Kier molecular flexibility index (Phi) is 4.68. The van der Waals surface area contributed by atoms with Gasteiger partial charge >= 0.3 is 6.18 Å². The number of aromatic nitrogens is 3. The zero-order chi connectivity index (χ0) is 21.6. The largest absolute Gasteiger partial charge is 0.417 e. The van der Waals surface area contributed by atoms with E-state index in [0.717, 1.165) is 30.8 Å². The van der Waals surface area contributed by atoms with Gasteiger partial charge in [0.1, 0.15) is 5.82 Å². The molecule has 1 aliphatic carbocycles. The zero-order valence-corrected chi connectivity index (χ0v) is 16.4. The zero-order valence-electron chi connectivity index (χ0n) is 16.4. The van der Waals surface area contributed by atoms with E-state index in [1.165, 1.54) is 6.07 Å². The number of pyridine rings is 2. The van der Waals surface area contributed by atoms with E-state index in [0.29, 0.717) is 29.5 Å². The molecule has 0 aromatic carbocycles. The van der Waals surface area contributed by atoms with Crippen molar-refractivity contribution in [3.8, 4) is 11.4 Å². The number of likely N-dealkylation sites (tertiary alicyclic amines) is 1. The molecule has 160 valence electrons. The highest BCUT2D eigenvalue weighted by Gasteiger charge is 2.47. The van der Waals surface area contributed by atoms with Crippen molar-refractivity contribution in [1.82, 2.24) is 19.9 Å². The van der Waals surface area contributed by atoms with Gasteiger partial charge in [0, 0.05) is 31.2 Å². The number of H-pyrrole nitrogens is 1. The van der Waals surface area contributed by atoms with Crippen molar-refractivity contribution in [3.63, 3.8) is 0 Å². The van der Waals surface area contributed by atoms with Gasteiger partial charge in [0.05, 0.1) is 28.6 Å². The molecular weight excluding hydrogens is 407 g/mol. The Bertz CT molecular complexity index is 1080. The lowest BCUT2D eigenvalue weighted by molar-refractivity contribution is -0.137. The maximum absolute atomic E-state index is 13.4. The molecule has 6 nitrogen and oxygen atoms in total. The fourth-order valence-electron chi connectivity index (χ4n) is 4.68. The minimum Gasteiger partial charge on any atom is -0.365 e. The molecule has 3 atom stereocenters. The van der Waals surface area contributed by atoms with Gasteiger partial charge in [-0.25, -0.2) is 4.98 Å². The van der Waals surface area contributed by atoms with Crippen molar-refractivity contribution in [2.24, 2.45) is 5.92 Å². The lowest BCUT2D eigenvalue weighted by atomic mass is 10.0. The number of nitrogens with one attached hydrogen (secondary N) is 2. The van der Waals surface area contributed by atoms with E-state index >= 15 is 0 Å². The summed E-state index contributed by atoms with van der Waals surface area (Å²) in [6.07, 6.45) is 1.57. The number of piperidine rings is 1. The average Bonchev–Trinajstić information content (AvgIpc) is 3.50. The van der Waals surface area contributed by atoms with Crippen LogP contribution in [0.2, 0.25) is 0 Å². The van der Waals surface area contributed by atoms with E-state index < -0.39 is 11.7 Å². The predicted octanol–water partition coefficient (Wildman–Crippen LogP) is 4.21. The third-order valence-corrected chi connectivity index (χ3v) is 6.06. The summed E-state index contributed by atoms with van der Waals surface area (Å²) < 4.78 is 38.3. The Morgan fingerprint density at radius 1 is 1.13 bits per heavy atom.